The van der Waals surface area contributed by atoms with E-state index in [9.17, 15) is 19.2 Å². The van der Waals surface area contributed by atoms with Crippen molar-refractivity contribution < 1.29 is 28.7 Å². The van der Waals surface area contributed by atoms with Gasteiger partial charge < -0.3 is 25.0 Å². The van der Waals surface area contributed by atoms with E-state index in [2.05, 4.69) is 10.6 Å². The molecule has 9 nitrogen and oxygen atoms in total. The molecule has 148 valence electrons. The number of nitrogens with one attached hydrogen (secondary N) is 2. The number of nitrogens with zero attached hydrogens (tertiary/aromatic N) is 1. The number of amides is 3. The number of allylic oxidation sites excluding steroid dienone is 1. The van der Waals surface area contributed by atoms with Crippen LogP contribution >= 0.6 is 0 Å². The number of likely N-dealkylation sites (N-methyl/N-ethyl adjacent to an activating group) is 1. The quantitative estimate of drug-likeness (QED) is 0.223. The highest BCUT2D eigenvalue weighted by Crippen LogP contribution is 1.91. The van der Waals surface area contributed by atoms with Crippen molar-refractivity contribution in [2.45, 2.75) is 19.8 Å². The minimum Gasteiger partial charge on any atom is -0.379 e. The fourth-order valence-corrected chi connectivity index (χ4v) is 1.75. The lowest BCUT2D eigenvalue weighted by atomic mass is 10.3. The zero-order chi connectivity index (χ0) is 19.6. The monoisotopic (exact) mass is 371 g/mol. The summed E-state index contributed by atoms with van der Waals surface area (Å²) in [5.74, 6) is -0.561. The third-order valence-corrected chi connectivity index (χ3v) is 3.16. The molecule has 0 saturated carbocycles. The number of aldehydes is 1. The predicted molar refractivity (Wildman–Crippen MR) is 95.4 cm³/mol. The van der Waals surface area contributed by atoms with Gasteiger partial charge in [-0.05, 0) is 13.0 Å². The van der Waals surface area contributed by atoms with Crippen molar-refractivity contribution in [3.8, 4) is 0 Å². The van der Waals surface area contributed by atoms with Crippen LogP contribution in [0.25, 0.3) is 0 Å². The van der Waals surface area contributed by atoms with Gasteiger partial charge in [0, 0.05) is 45.6 Å². The third-order valence-electron chi connectivity index (χ3n) is 3.16. The minimum absolute atomic E-state index is 0.0387. The Hall–Kier alpha value is -2.26. The van der Waals surface area contributed by atoms with Gasteiger partial charge in [-0.15, -0.1) is 0 Å². The van der Waals surface area contributed by atoms with E-state index in [1.165, 1.54) is 4.90 Å². The summed E-state index contributed by atoms with van der Waals surface area (Å²) in [5.41, 5.74) is 0. The molecule has 0 unspecified atom stereocenters. The Kier molecular flexibility index (Phi) is 14.8. The van der Waals surface area contributed by atoms with Gasteiger partial charge in [-0.1, -0.05) is 0 Å². The largest absolute Gasteiger partial charge is 0.379 e. The Labute approximate surface area is 154 Å². The van der Waals surface area contributed by atoms with Gasteiger partial charge in [-0.3, -0.25) is 19.2 Å². The molecule has 0 atom stereocenters. The molecule has 0 saturated heterocycles. The maximum atomic E-state index is 11.6. The zero-order valence-corrected chi connectivity index (χ0v) is 15.5. The lowest BCUT2D eigenvalue weighted by Crippen LogP contribution is -2.33. The molecule has 0 aliphatic heterocycles. The van der Waals surface area contributed by atoms with E-state index in [4.69, 9.17) is 9.47 Å². The first kappa shape index (κ1) is 23.7. The number of hydrogen-bond donors (Lipinski definition) is 2. The molecule has 2 N–H and O–H groups in total. The Morgan fingerprint density at radius 2 is 1.62 bits per heavy atom. The lowest BCUT2D eigenvalue weighted by Gasteiger charge is -2.14. The summed E-state index contributed by atoms with van der Waals surface area (Å²) in [5, 5.41) is 5.36. The van der Waals surface area contributed by atoms with Crippen molar-refractivity contribution in [3.63, 3.8) is 0 Å². The first-order valence-electron chi connectivity index (χ1n) is 8.57. The molecule has 0 aliphatic carbocycles. The molecule has 0 aromatic carbocycles. The molecule has 3 amide bonds. The van der Waals surface area contributed by atoms with Crippen LogP contribution in [0.1, 0.15) is 19.8 Å². The smallest absolute Gasteiger partial charge is 0.246 e. The molecule has 0 bridgehead atoms. The van der Waals surface area contributed by atoms with Crippen molar-refractivity contribution in [3.05, 3.63) is 12.2 Å². The Balaban J connectivity index is 3.51. The number of rotatable bonds is 15. The van der Waals surface area contributed by atoms with Crippen LogP contribution in [0.4, 0.5) is 0 Å². The normalized spacial score (nSPS) is 10.5. The van der Waals surface area contributed by atoms with Gasteiger partial charge in [0.2, 0.25) is 17.7 Å². The molecule has 0 rings (SSSR count). The minimum atomic E-state index is -0.333. The van der Waals surface area contributed by atoms with Gasteiger partial charge >= 0.3 is 0 Å². The van der Waals surface area contributed by atoms with E-state index in [1.807, 2.05) is 6.92 Å². The third kappa shape index (κ3) is 14.1. The fraction of sp³-hybridized carbons (Fsp3) is 0.647. The van der Waals surface area contributed by atoms with Crippen LogP contribution in [0.2, 0.25) is 0 Å². The van der Waals surface area contributed by atoms with Crippen molar-refractivity contribution >= 4 is 24.0 Å². The summed E-state index contributed by atoms with van der Waals surface area (Å²) in [6.45, 7) is 4.55. The van der Waals surface area contributed by atoms with Crippen LogP contribution in [-0.2, 0) is 28.7 Å². The second kappa shape index (κ2) is 16.2. The highest BCUT2D eigenvalue weighted by molar-refractivity contribution is 5.91. The molecule has 0 fully saturated rings. The SMILES string of the molecule is CCNC(=O)CCOCCOCCNC(=O)CCN(C)C(=O)/C=C\C=O. The molecule has 0 heterocycles. The Bertz CT molecular complexity index is 467. The highest BCUT2D eigenvalue weighted by atomic mass is 16.5. The maximum Gasteiger partial charge on any atom is 0.246 e. The van der Waals surface area contributed by atoms with Crippen LogP contribution in [0.15, 0.2) is 12.2 Å². The molecule has 9 heteroatoms. The second-order valence-corrected chi connectivity index (χ2v) is 5.28. The molecule has 0 aromatic rings. The number of carbonyl (C=O) groups excluding carboxylic acids is 4. The van der Waals surface area contributed by atoms with E-state index in [0.717, 1.165) is 12.2 Å². The van der Waals surface area contributed by atoms with Gasteiger partial charge in [0.1, 0.15) is 6.29 Å². The molecular weight excluding hydrogens is 342 g/mol. The first-order valence-corrected chi connectivity index (χ1v) is 8.57. The summed E-state index contributed by atoms with van der Waals surface area (Å²) in [7, 11) is 1.56. The van der Waals surface area contributed by atoms with Gasteiger partial charge in [-0.2, -0.15) is 0 Å². The summed E-state index contributed by atoms with van der Waals surface area (Å²) in [6.07, 6.45) is 3.27. The van der Waals surface area contributed by atoms with Crippen molar-refractivity contribution in [1.82, 2.24) is 15.5 Å². The van der Waals surface area contributed by atoms with Gasteiger partial charge in [0.25, 0.3) is 0 Å². The molecule has 0 aromatic heterocycles. The Morgan fingerprint density at radius 1 is 0.962 bits per heavy atom. The topological polar surface area (TPSA) is 114 Å². The highest BCUT2D eigenvalue weighted by Gasteiger charge is 2.07. The molecule has 0 spiro atoms. The summed E-state index contributed by atoms with van der Waals surface area (Å²) in [6, 6.07) is 0. The zero-order valence-electron chi connectivity index (χ0n) is 15.5. The number of ether oxygens (including phenoxy) is 2. The van der Waals surface area contributed by atoms with Crippen LogP contribution in [0.5, 0.6) is 0 Å². The predicted octanol–water partition coefficient (Wildman–Crippen LogP) is -0.734. The van der Waals surface area contributed by atoms with Crippen molar-refractivity contribution in [1.29, 1.82) is 0 Å². The summed E-state index contributed by atoms with van der Waals surface area (Å²) < 4.78 is 10.6. The number of hydrogen-bond acceptors (Lipinski definition) is 6. The first-order chi connectivity index (χ1) is 12.5. The van der Waals surface area contributed by atoms with Gasteiger partial charge in [0.15, 0.2) is 0 Å². The van der Waals surface area contributed by atoms with E-state index in [1.54, 1.807) is 7.05 Å². The van der Waals surface area contributed by atoms with Gasteiger partial charge in [0.05, 0.1) is 26.4 Å². The molecule has 26 heavy (non-hydrogen) atoms. The summed E-state index contributed by atoms with van der Waals surface area (Å²) >= 11 is 0. The molecular formula is C17H29N3O6. The molecule has 0 aliphatic rings. The van der Waals surface area contributed by atoms with Crippen molar-refractivity contribution in [2.75, 3.05) is 53.1 Å². The van der Waals surface area contributed by atoms with E-state index in [0.29, 0.717) is 52.2 Å². The van der Waals surface area contributed by atoms with Crippen LogP contribution in [0, 0.1) is 0 Å². The fourth-order valence-electron chi connectivity index (χ4n) is 1.75. The Morgan fingerprint density at radius 3 is 2.27 bits per heavy atom. The lowest BCUT2D eigenvalue weighted by molar-refractivity contribution is -0.126. The van der Waals surface area contributed by atoms with E-state index < -0.39 is 0 Å². The maximum absolute atomic E-state index is 11.6. The molecule has 0 radical (unpaired) electrons. The standard InChI is InChI=1S/C17H29N3O6/c1-3-18-16(23)7-11-25-13-14-26-12-8-19-15(22)6-9-20(2)17(24)5-4-10-21/h4-5,10H,3,6-9,11-14H2,1-2H3,(H,18,23)(H,19,22)/b5-4-. The van der Waals surface area contributed by atoms with Crippen molar-refractivity contribution in [2.24, 2.45) is 0 Å². The summed E-state index contributed by atoms with van der Waals surface area (Å²) in [4.78, 5) is 45.8. The van der Waals surface area contributed by atoms with Gasteiger partial charge in [-0.25, -0.2) is 0 Å². The second-order valence-electron chi connectivity index (χ2n) is 5.28. The van der Waals surface area contributed by atoms with E-state index >= 15 is 0 Å². The average Bonchev–Trinajstić information content (AvgIpc) is 2.62. The average molecular weight is 371 g/mol. The number of carbonyl (C=O) groups is 4. The van der Waals surface area contributed by atoms with Crippen LogP contribution < -0.4 is 10.6 Å². The van der Waals surface area contributed by atoms with Crippen LogP contribution in [-0.4, -0.2) is 82.0 Å². The van der Waals surface area contributed by atoms with E-state index in [-0.39, 0.29) is 30.7 Å². The van der Waals surface area contributed by atoms with Crippen LogP contribution in [0.3, 0.4) is 0 Å².